The zero-order chi connectivity index (χ0) is 17.9. The van der Waals surface area contributed by atoms with Gasteiger partial charge in [0.25, 0.3) is 0 Å². The van der Waals surface area contributed by atoms with E-state index in [-0.39, 0.29) is 5.91 Å². The predicted octanol–water partition coefficient (Wildman–Crippen LogP) is 4.08. The van der Waals surface area contributed by atoms with Gasteiger partial charge in [-0.3, -0.25) is 4.79 Å². The fourth-order valence-electron chi connectivity index (χ4n) is 3.78. The van der Waals surface area contributed by atoms with E-state index >= 15 is 0 Å². The molecule has 4 nitrogen and oxygen atoms in total. The number of hydrogen-bond acceptors (Lipinski definition) is 2. The van der Waals surface area contributed by atoms with Crippen LogP contribution in [0.4, 0.5) is 0 Å². The van der Waals surface area contributed by atoms with Gasteiger partial charge in [0, 0.05) is 48.1 Å². The van der Waals surface area contributed by atoms with Crippen molar-refractivity contribution in [1.82, 2.24) is 9.88 Å². The molecule has 1 N–H and O–H groups in total. The molecule has 0 fully saturated rings. The number of aromatic nitrogens is 1. The van der Waals surface area contributed by atoms with Gasteiger partial charge in [-0.15, -0.1) is 0 Å². The van der Waals surface area contributed by atoms with E-state index in [0.29, 0.717) is 13.0 Å². The summed E-state index contributed by atoms with van der Waals surface area (Å²) < 4.78 is 5.36. The number of nitrogens with one attached hydrogen (secondary N) is 1. The predicted molar refractivity (Wildman–Crippen MR) is 103 cm³/mol. The first-order valence-corrected chi connectivity index (χ1v) is 9.24. The lowest BCUT2D eigenvalue weighted by Crippen LogP contribution is -2.35. The summed E-state index contributed by atoms with van der Waals surface area (Å²) in [5.74, 6) is 1.11. The number of amides is 1. The molecule has 4 rings (SSSR count). The Labute approximate surface area is 153 Å². The molecule has 2 aromatic carbocycles. The highest BCUT2D eigenvalue weighted by atomic mass is 16.5. The quantitative estimate of drug-likeness (QED) is 0.755. The first-order valence-electron chi connectivity index (χ1n) is 9.24. The van der Waals surface area contributed by atoms with E-state index in [4.69, 9.17) is 4.74 Å². The van der Waals surface area contributed by atoms with Gasteiger partial charge >= 0.3 is 0 Å². The maximum Gasteiger partial charge on any atom is 0.222 e. The summed E-state index contributed by atoms with van der Waals surface area (Å²) in [5, 5.41) is 1.17. The lowest BCUT2D eigenvalue weighted by atomic mass is 10.0. The number of rotatable bonds is 5. The number of hydrogen-bond donors (Lipinski definition) is 1. The SMILES string of the molecule is COc1ccc2[nH]c3c(c2c1)CN(C(=O)CCCc1ccccc1)CC3. The third-order valence-corrected chi connectivity index (χ3v) is 5.23. The molecule has 0 atom stereocenters. The van der Waals surface area contributed by atoms with Crippen LogP contribution in [0.3, 0.4) is 0 Å². The van der Waals surface area contributed by atoms with Crippen molar-refractivity contribution in [2.75, 3.05) is 13.7 Å². The van der Waals surface area contributed by atoms with Gasteiger partial charge in [-0.05, 0) is 36.6 Å². The largest absolute Gasteiger partial charge is 0.497 e. The number of methoxy groups -OCH3 is 1. The second kappa shape index (κ2) is 7.24. The van der Waals surface area contributed by atoms with Crippen LogP contribution in [-0.4, -0.2) is 29.4 Å². The van der Waals surface area contributed by atoms with E-state index < -0.39 is 0 Å². The molecule has 0 spiro atoms. The normalized spacial score (nSPS) is 13.7. The average molecular weight is 348 g/mol. The molecule has 1 aliphatic rings. The smallest absolute Gasteiger partial charge is 0.222 e. The van der Waals surface area contributed by atoms with Crippen molar-refractivity contribution in [2.45, 2.75) is 32.2 Å². The molecule has 0 unspecified atom stereocenters. The molecule has 0 aliphatic carbocycles. The Kier molecular flexibility index (Phi) is 4.65. The molecule has 0 saturated heterocycles. The van der Waals surface area contributed by atoms with Crippen LogP contribution in [0.2, 0.25) is 0 Å². The molecular formula is C22H24N2O2. The Bertz CT molecular complexity index is 915. The van der Waals surface area contributed by atoms with E-state index in [0.717, 1.165) is 37.1 Å². The van der Waals surface area contributed by atoms with E-state index in [1.54, 1.807) is 7.11 Å². The van der Waals surface area contributed by atoms with Crippen molar-refractivity contribution in [1.29, 1.82) is 0 Å². The van der Waals surface area contributed by atoms with Gasteiger partial charge in [0.05, 0.1) is 7.11 Å². The number of fused-ring (bicyclic) bond motifs is 3. The molecule has 1 aliphatic heterocycles. The van der Waals surface area contributed by atoms with E-state index in [1.807, 2.05) is 17.0 Å². The van der Waals surface area contributed by atoms with Crippen LogP contribution in [-0.2, 0) is 24.2 Å². The van der Waals surface area contributed by atoms with E-state index in [1.165, 1.54) is 22.2 Å². The fourth-order valence-corrected chi connectivity index (χ4v) is 3.78. The van der Waals surface area contributed by atoms with Crippen LogP contribution in [0, 0.1) is 0 Å². The zero-order valence-corrected chi connectivity index (χ0v) is 15.1. The minimum Gasteiger partial charge on any atom is -0.497 e. The van der Waals surface area contributed by atoms with Gasteiger partial charge < -0.3 is 14.6 Å². The van der Waals surface area contributed by atoms with Crippen molar-refractivity contribution in [3.05, 3.63) is 65.4 Å². The Morgan fingerprint density at radius 2 is 2.04 bits per heavy atom. The minimum atomic E-state index is 0.254. The molecular weight excluding hydrogens is 324 g/mol. The highest BCUT2D eigenvalue weighted by Crippen LogP contribution is 2.30. The number of H-pyrrole nitrogens is 1. The van der Waals surface area contributed by atoms with Crippen molar-refractivity contribution >= 4 is 16.8 Å². The zero-order valence-electron chi connectivity index (χ0n) is 15.1. The number of carbonyl (C=O) groups excluding carboxylic acids is 1. The molecule has 0 saturated carbocycles. The molecule has 26 heavy (non-hydrogen) atoms. The van der Waals surface area contributed by atoms with Crippen molar-refractivity contribution in [3.63, 3.8) is 0 Å². The molecule has 1 amide bonds. The summed E-state index contributed by atoms with van der Waals surface area (Å²) >= 11 is 0. The standard InChI is InChI=1S/C22H24N2O2/c1-26-17-10-11-20-18(14-17)19-15-24(13-12-21(19)23-20)22(25)9-5-8-16-6-3-2-4-7-16/h2-4,6-7,10-11,14,23H,5,8-9,12-13,15H2,1H3. The van der Waals surface area contributed by atoms with E-state index in [9.17, 15) is 4.79 Å². The lowest BCUT2D eigenvalue weighted by Gasteiger charge is -2.27. The number of aromatic amines is 1. The first-order chi connectivity index (χ1) is 12.7. The van der Waals surface area contributed by atoms with Gasteiger partial charge in [-0.1, -0.05) is 30.3 Å². The second-order valence-electron chi connectivity index (χ2n) is 6.90. The summed E-state index contributed by atoms with van der Waals surface area (Å²) in [7, 11) is 1.68. The van der Waals surface area contributed by atoms with Gasteiger partial charge in [0.2, 0.25) is 5.91 Å². The Morgan fingerprint density at radius 3 is 2.85 bits per heavy atom. The number of ether oxygens (including phenoxy) is 1. The molecule has 134 valence electrons. The second-order valence-corrected chi connectivity index (χ2v) is 6.90. The lowest BCUT2D eigenvalue weighted by molar-refractivity contribution is -0.132. The summed E-state index contributed by atoms with van der Waals surface area (Å²) in [5.41, 5.74) is 4.90. The van der Waals surface area contributed by atoms with E-state index in [2.05, 4.69) is 41.4 Å². The van der Waals surface area contributed by atoms with Crippen molar-refractivity contribution < 1.29 is 9.53 Å². The van der Waals surface area contributed by atoms with Crippen LogP contribution in [0.1, 0.15) is 29.7 Å². The molecule has 0 bridgehead atoms. The molecule has 2 heterocycles. The van der Waals surface area contributed by atoms with Gasteiger partial charge in [-0.2, -0.15) is 0 Å². The van der Waals surface area contributed by atoms with Gasteiger partial charge in [-0.25, -0.2) is 0 Å². The van der Waals surface area contributed by atoms with Crippen LogP contribution in [0.25, 0.3) is 10.9 Å². The number of nitrogens with zero attached hydrogens (tertiary/aromatic N) is 1. The van der Waals surface area contributed by atoms with Crippen LogP contribution in [0.15, 0.2) is 48.5 Å². The summed E-state index contributed by atoms with van der Waals surface area (Å²) in [4.78, 5) is 18.2. The van der Waals surface area contributed by atoms with Gasteiger partial charge in [0.1, 0.15) is 5.75 Å². The van der Waals surface area contributed by atoms with Crippen molar-refractivity contribution in [3.8, 4) is 5.75 Å². The fraction of sp³-hybridized carbons (Fsp3) is 0.318. The molecule has 3 aromatic rings. The highest BCUT2D eigenvalue weighted by Gasteiger charge is 2.23. The number of carbonyl (C=O) groups is 1. The third kappa shape index (κ3) is 3.32. The van der Waals surface area contributed by atoms with Crippen LogP contribution >= 0.6 is 0 Å². The Hall–Kier alpha value is -2.75. The van der Waals surface area contributed by atoms with Crippen LogP contribution < -0.4 is 4.74 Å². The maximum absolute atomic E-state index is 12.7. The topological polar surface area (TPSA) is 45.3 Å². The Balaban J connectivity index is 1.43. The minimum absolute atomic E-state index is 0.254. The van der Waals surface area contributed by atoms with Gasteiger partial charge in [0.15, 0.2) is 0 Å². The monoisotopic (exact) mass is 348 g/mol. The highest BCUT2D eigenvalue weighted by molar-refractivity contribution is 5.87. The molecule has 4 heteroatoms. The summed E-state index contributed by atoms with van der Waals surface area (Å²) in [6.45, 7) is 1.48. The third-order valence-electron chi connectivity index (χ3n) is 5.23. The molecule has 0 radical (unpaired) electrons. The maximum atomic E-state index is 12.7. The van der Waals surface area contributed by atoms with Crippen LogP contribution in [0.5, 0.6) is 5.75 Å². The summed E-state index contributed by atoms with van der Waals surface area (Å²) in [6, 6.07) is 16.5. The number of benzene rings is 2. The Morgan fingerprint density at radius 1 is 1.19 bits per heavy atom. The average Bonchev–Trinajstić information content (AvgIpc) is 3.05. The first kappa shape index (κ1) is 16.7. The number of aryl methyl sites for hydroxylation is 1. The molecule has 1 aromatic heterocycles. The summed E-state index contributed by atoms with van der Waals surface area (Å²) in [6.07, 6.45) is 3.34. The van der Waals surface area contributed by atoms with Crippen molar-refractivity contribution in [2.24, 2.45) is 0 Å².